The van der Waals surface area contributed by atoms with Crippen molar-refractivity contribution in [3.05, 3.63) is 40.4 Å². The van der Waals surface area contributed by atoms with E-state index >= 15 is 0 Å². The van der Waals surface area contributed by atoms with Crippen LogP contribution in [-0.4, -0.2) is 34.5 Å². The van der Waals surface area contributed by atoms with Crippen molar-refractivity contribution < 1.29 is 23.7 Å². The molecule has 1 N–H and O–H groups in total. The summed E-state index contributed by atoms with van der Waals surface area (Å²) < 4.78 is 27.7. The van der Waals surface area contributed by atoms with Gasteiger partial charge in [-0.3, -0.25) is 0 Å². The van der Waals surface area contributed by atoms with Crippen LogP contribution in [0, 0.1) is 0 Å². The van der Waals surface area contributed by atoms with Gasteiger partial charge in [0.25, 0.3) is 0 Å². The second-order valence-electron chi connectivity index (χ2n) is 6.57. The molecule has 0 saturated heterocycles. The summed E-state index contributed by atoms with van der Waals surface area (Å²) in [7, 11) is 6.43. The van der Waals surface area contributed by atoms with Crippen molar-refractivity contribution in [3.63, 3.8) is 0 Å². The summed E-state index contributed by atoms with van der Waals surface area (Å²) in [6.07, 6.45) is 0.954. The SMILES string of the molecule is CCC(C)Oc1c(OC)cc(CNCc2cc(OC)c(OC)cc2Cl)cc1OC. The van der Waals surface area contributed by atoms with Crippen molar-refractivity contribution in [2.45, 2.75) is 39.5 Å². The number of methoxy groups -OCH3 is 4. The maximum absolute atomic E-state index is 6.37. The molecule has 1 atom stereocenters. The molecular formula is C22H30ClNO5. The highest BCUT2D eigenvalue weighted by Crippen LogP contribution is 2.39. The second-order valence-corrected chi connectivity index (χ2v) is 6.98. The quantitative estimate of drug-likeness (QED) is 0.558. The van der Waals surface area contributed by atoms with Gasteiger partial charge >= 0.3 is 0 Å². The first-order valence-electron chi connectivity index (χ1n) is 9.49. The fourth-order valence-corrected chi connectivity index (χ4v) is 3.03. The molecule has 0 aliphatic heterocycles. The van der Waals surface area contributed by atoms with E-state index in [1.54, 1.807) is 34.5 Å². The minimum Gasteiger partial charge on any atom is -0.493 e. The van der Waals surface area contributed by atoms with Crippen LogP contribution in [0.4, 0.5) is 0 Å². The van der Waals surface area contributed by atoms with Crippen LogP contribution in [0.2, 0.25) is 5.02 Å². The van der Waals surface area contributed by atoms with E-state index in [1.807, 2.05) is 25.1 Å². The largest absolute Gasteiger partial charge is 0.493 e. The molecule has 0 amide bonds. The lowest BCUT2D eigenvalue weighted by molar-refractivity contribution is 0.198. The Morgan fingerprint density at radius 3 is 1.90 bits per heavy atom. The van der Waals surface area contributed by atoms with Gasteiger partial charge in [-0.25, -0.2) is 0 Å². The van der Waals surface area contributed by atoms with E-state index in [9.17, 15) is 0 Å². The van der Waals surface area contributed by atoms with E-state index in [-0.39, 0.29) is 6.10 Å². The van der Waals surface area contributed by atoms with Gasteiger partial charge in [-0.2, -0.15) is 0 Å². The van der Waals surface area contributed by atoms with E-state index in [0.717, 1.165) is 17.5 Å². The Bertz CT molecular complexity index is 787. The number of halogens is 1. The number of hydrogen-bond donors (Lipinski definition) is 1. The topological polar surface area (TPSA) is 58.2 Å². The standard InChI is InChI=1S/C22H30ClNO5/c1-7-14(2)29-22-20(27-5)8-15(9-21(22)28-6)12-24-13-16-10-18(25-3)19(26-4)11-17(16)23/h8-11,14,24H,7,12-13H2,1-6H3. The zero-order chi connectivity index (χ0) is 21.4. The van der Waals surface area contributed by atoms with Crippen molar-refractivity contribution in [1.82, 2.24) is 5.32 Å². The number of benzene rings is 2. The first-order valence-corrected chi connectivity index (χ1v) is 9.87. The van der Waals surface area contributed by atoms with Gasteiger partial charge in [0.1, 0.15) is 0 Å². The number of rotatable bonds is 11. The second kappa shape index (κ2) is 11.0. The molecule has 1 unspecified atom stereocenters. The molecule has 2 aromatic rings. The molecule has 2 rings (SSSR count). The Morgan fingerprint density at radius 2 is 1.38 bits per heavy atom. The van der Waals surface area contributed by atoms with Crippen molar-refractivity contribution in [3.8, 4) is 28.7 Å². The smallest absolute Gasteiger partial charge is 0.203 e. The van der Waals surface area contributed by atoms with E-state index in [4.69, 9.17) is 35.3 Å². The number of ether oxygens (including phenoxy) is 5. The van der Waals surface area contributed by atoms with Crippen molar-refractivity contribution in [1.29, 1.82) is 0 Å². The first-order chi connectivity index (χ1) is 14.0. The zero-order valence-corrected chi connectivity index (χ0v) is 18.7. The summed E-state index contributed by atoms with van der Waals surface area (Å²) >= 11 is 6.37. The molecule has 160 valence electrons. The average Bonchev–Trinajstić information content (AvgIpc) is 2.74. The summed E-state index contributed by atoms with van der Waals surface area (Å²) in [6, 6.07) is 7.52. The summed E-state index contributed by atoms with van der Waals surface area (Å²) in [5, 5.41) is 4.00. The van der Waals surface area contributed by atoms with Gasteiger partial charge < -0.3 is 29.0 Å². The predicted molar refractivity (Wildman–Crippen MR) is 115 cm³/mol. The zero-order valence-electron chi connectivity index (χ0n) is 17.9. The summed E-state index contributed by atoms with van der Waals surface area (Å²) in [6.45, 7) is 5.25. The third kappa shape index (κ3) is 5.84. The molecular weight excluding hydrogens is 394 g/mol. The molecule has 0 saturated carbocycles. The van der Waals surface area contributed by atoms with Crippen LogP contribution in [0.15, 0.2) is 24.3 Å². The minimum atomic E-state index is 0.0639. The molecule has 0 aliphatic carbocycles. The van der Waals surface area contributed by atoms with Crippen molar-refractivity contribution in [2.75, 3.05) is 28.4 Å². The molecule has 29 heavy (non-hydrogen) atoms. The van der Waals surface area contributed by atoms with Crippen LogP contribution in [0.1, 0.15) is 31.4 Å². The maximum Gasteiger partial charge on any atom is 0.203 e. The predicted octanol–water partition coefficient (Wildman–Crippen LogP) is 4.84. The number of nitrogens with one attached hydrogen (secondary N) is 1. The summed E-state index contributed by atoms with van der Waals surface area (Å²) in [5.74, 6) is 3.16. The van der Waals surface area contributed by atoms with E-state index < -0.39 is 0 Å². The Hall–Kier alpha value is -2.31. The molecule has 0 aliphatic rings. The maximum atomic E-state index is 6.37. The van der Waals surface area contributed by atoms with Crippen LogP contribution in [-0.2, 0) is 13.1 Å². The molecule has 0 aromatic heterocycles. The van der Waals surface area contributed by atoms with Gasteiger partial charge in [-0.1, -0.05) is 18.5 Å². The minimum absolute atomic E-state index is 0.0639. The highest BCUT2D eigenvalue weighted by molar-refractivity contribution is 6.31. The van der Waals surface area contributed by atoms with Crippen molar-refractivity contribution in [2.24, 2.45) is 0 Å². The first kappa shape index (κ1) is 23.0. The Labute approximate surface area is 178 Å². The van der Waals surface area contributed by atoms with E-state index in [2.05, 4.69) is 12.2 Å². The highest BCUT2D eigenvalue weighted by atomic mass is 35.5. The third-order valence-electron chi connectivity index (χ3n) is 4.61. The fraction of sp³-hybridized carbons (Fsp3) is 0.455. The summed E-state index contributed by atoms with van der Waals surface area (Å²) in [4.78, 5) is 0. The Balaban J connectivity index is 2.15. The number of hydrogen-bond acceptors (Lipinski definition) is 6. The van der Waals surface area contributed by atoms with Gasteiger partial charge in [0.05, 0.1) is 34.5 Å². The van der Waals surface area contributed by atoms with E-state index in [0.29, 0.717) is 46.9 Å². The molecule has 0 bridgehead atoms. The van der Waals surface area contributed by atoms with Crippen LogP contribution in [0.5, 0.6) is 28.7 Å². The molecule has 0 heterocycles. The molecule has 0 radical (unpaired) electrons. The lowest BCUT2D eigenvalue weighted by atomic mass is 10.1. The van der Waals surface area contributed by atoms with Crippen molar-refractivity contribution >= 4 is 11.6 Å². The molecule has 6 nitrogen and oxygen atoms in total. The van der Waals surface area contributed by atoms with Gasteiger partial charge in [0, 0.05) is 24.2 Å². The summed E-state index contributed by atoms with van der Waals surface area (Å²) in [5.41, 5.74) is 1.92. The molecule has 7 heteroatoms. The Morgan fingerprint density at radius 1 is 0.828 bits per heavy atom. The van der Waals surface area contributed by atoms with Crippen LogP contribution in [0.3, 0.4) is 0 Å². The van der Waals surface area contributed by atoms with Gasteiger partial charge in [0.15, 0.2) is 23.0 Å². The van der Waals surface area contributed by atoms with E-state index in [1.165, 1.54) is 0 Å². The Kier molecular flexibility index (Phi) is 8.73. The lowest BCUT2D eigenvalue weighted by Crippen LogP contribution is -2.15. The lowest BCUT2D eigenvalue weighted by Gasteiger charge is -2.19. The molecule has 0 spiro atoms. The average molecular weight is 424 g/mol. The van der Waals surface area contributed by atoms with Gasteiger partial charge in [0.2, 0.25) is 5.75 Å². The molecule has 2 aromatic carbocycles. The third-order valence-corrected chi connectivity index (χ3v) is 4.96. The molecule has 0 fully saturated rings. The normalized spacial score (nSPS) is 11.7. The monoisotopic (exact) mass is 423 g/mol. The van der Waals surface area contributed by atoms with Crippen LogP contribution in [0.25, 0.3) is 0 Å². The van der Waals surface area contributed by atoms with Crippen LogP contribution < -0.4 is 29.0 Å². The van der Waals surface area contributed by atoms with Crippen LogP contribution >= 0.6 is 11.6 Å². The van der Waals surface area contributed by atoms with Gasteiger partial charge in [-0.15, -0.1) is 0 Å². The highest BCUT2D eigenvalue weighted by Gasteiger charge is 2.16. The fourth-order valence-electron chi connectivity index (χ4n) is 2.81. The van der Waals surface area contributed by atoms with Gasteiger partial charge in [-0.05, 0) is 42.7 Å².